The molecule has 224 valence electrons. The number of aryl methyl sites for hydroxylation is 2. The minimum Gasteiger partial charge on any atom is -0.440 e. The van der Waals surface area contributed by atoms with Gasteiger partial charge >= 0.3 is 5.97 Å². The van der Waals surface area contributed by atoms with Crippen molar-refractivity contribution in [1.29, 1.82) is 0 Å². The fraction of sp³-hybridized carbons (Fsp3) is 0.300. The fourth-order valence-electron chi connectivity index (χ4n) is 4.64. The first-order valence-corrected chi connectivity index (χ1v) is 15.0. The topological polar surface area (TPSA) is 124 Å². The lowest BCUT2D eigenvalue weighted by molar-refractivity contribution is 0.0514. The molecule has 0 atom stereocenters. The molecule has 4 aromatic rings. The summed E-state index contributed by atoms with van der Waals surface area (Å²) in [4.78, 5) is 46.2. The van der Waals surface area contributed by atoms with Gasteiger partial charge < -0.3 is 20.1 Å². The van der Waals surface area contributed by atoms with E-state index < -0.39 is 5.97 Å². The normalized spacial score (nSPS) is 13.5. The number of para-hydroxylation sites is 1. The van der Waals surface area contributed by atoms with Crippen molar-refractivity contribution in [2.75, 3.05) is 61.2 Å². The second kappa shape index (κ2) is 13.9. The largest absolute Gasteiger partial charge is 0.440 e. The molecule has 3 heterocycles. The van der Waals surface area contributed by atoms with Crippen LogP contribution in [0.3, 0.4) is 0 Å². The van der Waals surface area contributed by atoms with Crippen molar-refractivity contribution in [1.82, 2.24) is 19.9 Å². The summed E-state index contributed by atoms with van der Waals surface area (Å²) in [6, 6.07) is 15.9. The van der Waals surface area contributed by atoms with Gasteiger partial charge in [0.05, 0.1) is 29.1 Å². The number of hydrogen-bond acceptors (Lipinski definition) is 11. The van der Waals surface area contributed by atoms with E-state index in [0.29, 0.717) is 44.5 Å². The Hall–Kier alpha value is -4.10. The number of benzene rings is 2. The lowest BCUT2D eigenvalue weighted by Crippen LogP contribution is -2.47. The van der Waals surface area contributed by atoms with Gasteiger partial charge in [-0.2, -0.15) is 0 Å². The standard InChI is InChI=1S/C30H32ClN7O4S/c1-20-7-6-10-23(31)27(20)35-28(40)24-18-32-30(43-24)38(19-42-29(41)22-8-4-3-5-9-22)26-17-25(33-21(2)34-26)37-13-11-36(12-14-37)15-16-39/h3-10,17-18,39H,11-16,19H2,1-2H3,(H,35,40). The number of ether oxygens (including phenoxy) is 1. The van der Waals surface area contributed by atoms with E-state index in [2.05, 4.69) is 30.1 Å². The quantitative estimate of drug-likeness (QED) is 0.193. The Morgan fingerprint density at radius 3 is 2.56 bits per heavy atom. The van der Waals surface area contributed by atoms with Crippen molar-refractivity contribution in [2.24, 2.45) is 0 Å². The summed E-state index contributed by atoms with van der Waals surface area (Å²) in [5, 5.41) is 13.0. The molecule has 1 fully saturated rings. The molecule has 0 saturated carbocycles. The van der Waals surface area contributed by atoms with Crippen LogP contribution in [0.1, 0.15) is 31.4 Å². The molecule has 11 nitrogen and oxygen atoms in total. The van der Waals surface area contributed by atoms with E-state index in [4.69, 9.17) is 16.3 Å². The van der Waals surface area contributed by atoms with Gasteiger partial charge in [-0.15, -0.1) is 0 Å². The Bertz CT molecular complexity index is 1560. The number of hydrogen-bond donors (Lipinski definition) is 2. The molecule has 0 radical (unpaired) electrons. The third-order valence-electron chi connectivity index (χ3n) is 6.94. The molecule has 1 aliphatic heterocycles. The molecule has 0 bridgehead atoms. The number of aliphatic hydroxyl groups is 1. The molecule has 1 aliphatic rings. The Balaban J connectivity index is 1.42. The van der Waals surface area contributed by atoms with Gasteiger partial charge in [-0.1, -0.05) is 53.3 Å². The maximum atomic E-state index is 13.2. The van der Waals surface area contributed by atoms with Gasteiger partial charge in [0, 0.05) is 38.8 Å². The monoisotopic (exact) mass is 621 g/mol. The fourth-order valence-corrected chi connectivity index (χ4v) is 5.72. The van der Waals surface area contributed by atoms with E-state index in [9.17, 15) is 14.7 Å². The Morgan fingerprint density at radius 1 is 1.07 bits per heavy atom. The van der Waals surface area contributed by atoms with Crippen LogP contribution in [-0.2, 0) is 4.74 Å². The van der Waals surface area contributed by atoms with E-state index in [-0.39, 0.29) is 19.2 Å². The number of carbonyl (C=O) groups is 2. The van der Waals surface area contributed by atoms with Crippen LogP contribution in [0, 0.1) is 13.8 Å². The summed E-state index contributed by atoms with van der Waals surface area (Å²) in [6.45, 7) is 7.31. The number of aliphatic hydroxyl groups excluding tert-OH is 1. The molecule has 0 aliphatic carbocycles. The highest BCUT2D eigenvalue weighted by Gasteiger charge is 2.24. The summed E-state index contributed by atoms with van der Waals surface area (Å²) in [5.41, 5.74) is 1.78. The molecular formula is C30H32ClN7O4S. The zero-order valence-electron chi connectivity index (χ0n) is 23.9. The van der Waals surface area contributed by atoms with Crippen molar-refractivity contribution in [2.45, 2.75) is 13.8 Å². The summed E-state index contributed by atoms with van der Waals surface area (Å²) >= 11 is 7.46. The average Bonchev–Trinajstić information content (AvgIpc) is 3.50. The lowest BCUT2D eigenvalue weighted by atomic mass is 10.2. The van der Waals surface area contributed by atoms with E-state index >= 15 is 0 Å². The number of piperazine rings is 1. The lowest BCUT2D eigenvalue weighted by Gasteiger charge is -2.35. The van der Waals surface area contributed by atoms with Gasteiger partial charge in [0.25, 0.3) is 5.91 Å². The average molecular weight is 622 g/mol. The Labute approximate surface area is 258 Å². The number of anilines is 4. The van der Waals surface area contributed by atoms with E-state index in [1.165, 1.54) is 6.20 Å². The van der Waals surface area contributed by atoms with Crippen LogP contribution in [0.4, 0.5) is 22.5 Å². The van der Waals surface area contributed by atoms with Gasteiger partial charge in [-0.3, -0.25) is 14.6 Å². The number of halogens is 1. The second-order valence-electron chi connectivity index (χ2n) is 9.93. The number of rotatable bonds is 10. The van der Waals surface area contributed by atoms with Gasteiger partial charge in [-0.05, 0) is 37.6 Å². The highest BCUT2D eigenvalue weighted by Crippen LogP contribution is 2.32. The minimum atomic E-state index is -0.500. The maximum absolute atomic E-state index is 13.2. The first kappa shape index (κ1) is 30.4. The van der Waals surface area contributed by atoms with Crippen molar-refractivity contribution in [3.05, 3.63) is 87.6 Å². The number of carbonyl (C=O) groups excluding carboxylic acids is 2. The smallest absolute Gasteiger partial charge is 0.339 e. The molecule has 43 heavy (non-hydrogen) atoms. The Kier molecular flexibility index (Phi) is 9.82. The molecule has 13 heteroatoms. The predicted molar refractivity (Wildman–Crippen MR) is 168 cm³/mol. The summed E-state index contributed by atoms with van der Waals surface area (Å²) < 4.78 is 5.69. The SMILES string of the molecule is Cc1nc(N2CCN(CCO)CC2)cc(N(COC(=O)c2ccccc2)c2ncc(C(=O)Nc3c(C)cccc3Cl)s2)n1. The van der Waals surface area contributed by atoms with Crippen molar-refractivity contribution in [3.8, 4) is 0 Å². The number of thiazole rings is 1. The van der Waals surface area contributed by atoms with E-state index in [1.807, 2.05) is 31.2 Å². The van der Waals surface area contributed by atoms with Crippen LogP contribution in [0.5, 0.6) is 0 Å². The maximum Gasteiger partial charge on any atom is 0.339 e. The number of nitrogens with one attached hydrogen (secondary N) is 1. The van der Waals surface area contributed by atoms with Gasteiger partial charge in [0.2, 0.25) is 0 Å². The number of nitrogens with zero attached hydrogens (tertiary/aromatic N) is 6. The summed E-state index contributed by atoms with van der Waals surface area (Å²) in [6.07, 6.45) is 1.48. The molecule has 2 aromatic carbocycles. The zero-order valence-corrected chi connectivity index (χ0v) is 25.4. The highest BCUT2D eigenvalue weighted by atomic mass is 35.5. The molecule has 2 aromatic heterocycles. The summed E-state index contributed by atoms with van der Waals surface area (Å²) in [7, 11) is 0. The van der Waals surface area contributed by atoms with Gasteiger partial charge in [-0.25, -0.2) is 19.7 Å². The van der Waals surface area contributed by atoms with E-state index in [0.717, 1.165) is 48.9 Å². The minimum absolute atomic E-state index is 0.124. The number of amides is 1. The molecular weight excluding hydrogens is 590 g/mol. The van der Waals surface area contributed by atoms with Crippen molar-refractivity contribution >= 4 is 57.3 Å². The summed E-state index contributed by atoms with van der Waals surface area (Å²) in [5.74, 6) is 0.883. The number of esters is 1. The van der Waals surface area contributed by atoms with Crippen LogP contribution >= 0.6 is 22.9 Å². The van der Waals surface area contributed by atoms with Crippen LogP contribution in [-0.4, -0.2) is 82.9 Å². The van der Waals surface area contributed by atoms with Crippen molar-refractivity contribution in [3.63, 3.8) is 0 Å². The van der Waals surface area contributed by atoms with Gasteiger partial charge in [0.15, 0.2) is 11.9 Å². The number of aromatic nitrogens is 3. The third-order valence-corrected chi connectivity index (χ3v) is 8.28. The van der Waals surface area contributed by atoms with Crippen LogP contribution in [0.25, 0.3) is 0 Å². The zero-order chi connectivity index (χ0) is 30.3. The molecule has 1 amide bonds. The first-order chi connectivity index (χ1) is 20.8. The van der Waals surface area contributed by atoms with Crippen LogP contribution in [0.15, 0.2) is 60.8 Å². The molecule has 0 spiro atoms. The predicted octanol–water partition coefficient (Wildman–Crippen LogP) is 4.52. The van der Waals surface area contributed by atoms with E-state index in [1.54, 1.807) is 42.2 Å². The number of β-amino-alcohol motifs (C(OH)–C–C–N with tert-alkyl or cyclic N) is 1. The first-order valence-electron chi connectivity index (χ1n) is 13.8. The molecule has 2 N–H and O–H groups in total. The van der Waals surface area contributed by atoms with Crippen LogP contribution < -0.4 is 15.1 Å². The second-order valence-corrected chi connectivity index (χ2v) is 11.3. The molecule has 1 saturated heterocycles. The van der Waals surface area contributed by atoms with Gasteiger partial charge in [0.1, 0.15) is 22.3 Å². The highest BCUT2D eigenvalue weighted by molar-refractivity contribution is 7.17. The molecule has 5 rings (SSSR count). The van der Waals surface area contributed by atoms with Crippen molar-refractivity contribution < 1.29 is 19.4 Å². The Morgan fingerprint density at radius 2 is 1.84 bits per heavy atom. The molecule has 0 unspecified atom stereocenters. The third kappa shape index (κ3) is 7.46. The van der Waals surface area contributed by atoms with Crippen LogP contribution in [0.2, 0.25) is 5.02 Å².